The fourth-order valence-electron chi connectivity index (χ4n) is 2.73. The number of unbranched alkanes of at least 4 members (excludes halogenated alkanes) is 1. The summed E-state index contributed by atoms with van der Waals surface area (Å²) in [5.74, 6) is -0.107. The summed E-state index contributed by atoms with van der Waals surface area (Å²) in [6, 6.07) is 0. The second-order valence-corrected chi connectivity index (χ2v) is 6.75. The van der Waals surface area contributed by atoms with Gasteiger partial charge in [0.05, 0.1) is 12.2 Å². The van der Waals surface area contributed by atoms with Crippen LogP contribution in [0.25, 0.3) is 0 Å². The molecule has 0 aromatic carbocycles. The number of amides is 1. The summed E-state index contributed by atoms with van der Waals surface area (Å²) in [6.45, 7) is 8.35. The zero-order valence-corrected chi connectivity index (χ0v) is 14.2. The number of aromatic nitrogens is 1. The number of hydrogen-bond acceptors (Lipinski definition) is 6. The highest BCUT2D eigenvalue weighted by Crippen LogP contribution is 2.11. The molecule has 6 nitrogen and oxygen atoms in total. The molecule has 1 aromatic heterocycles. The highest BCUT2D eigenvalue weighted by Gasteiger charge is 2.21. The van der Waals surface area contributed by atoms with Gasteiger partial charge >= 0.3 is 0 Å². The van der Waals surface area contributed by atoms with Gasteiger partial charge in [0.1, 0.15) is 10.7 Å². The van der Waals surface area contributed by atoms with Gasteiger partial charge < -0.3 is 15.8 Å². The van der Waals surface area contributed by atoms with Crippen molar-refractivity contribution in [2.45, 2.75) is 45.4 Å². The van der Waals surface area contributed by atoms with Gasteiger partial charge in [-0.15, -0.1) is 11.3 Å². The summed E-state index contributed by atoms with van der Waals surface area (Å²) in [6.07, 6.45) is 2.67. The van der Waals surface area contributed by atoms with E-state index >= 15 is 0 Å². The maximum atomic E-state index is 11.9. The van der Waals surface area contributed by atoms with Crippen molar-refractivity contribution < 1.29 is 9.53 Å². The molecule has 22 heavy (non-hydrogen) atoms. The number of morpholine rings is 1. The van der Waals surface area contributed by atoms with Gasteiger partial charge in [0.2, 0.25) is 0 Å². The Balaban J connectivity index is 1.60. The Morgan fingerprint density at radius 1 is 1.45 bits per heavy atom. The second-order valence-electron chi connectivity index (χ2n) is 5.81. The number of nitrogens with zero attached hydrogens (tertiary/aromatic N) is 2. The average molecular weight is 326 g/mol. The van der Waals surface area contributed by atoms with Crippen LogP contribution in [0.5, 0.6) is 0 Å². The standard InChI is InChI=1S/C15H26N4O2S/c1-11-8-19(9-12(2)21-11)6-4-3-5-17-15(20)13-10-22-14(7-16)18-13/h10-12H,3-9,16H2,1-2H3,(H,17,20). The van der Waals surface area contributed by atoms with Crippen molar-refractivity contribution in [1.29, 1.82) is 0 Å². The Bertz CT molecular complexity index is 470. The Hall–Kier alpha value is -1.02. The molecule has 0 bridgehead atoms. The minimum absolute atomic E-state index is 0.107. The van der Waals surface area contributed by atoms with E-state index in [4.69, 9.17) is 10.5 Å². The molecule has 1 aliphatic heterocycles. The Morgan fingerprint density at radius 2 is 2.18 bits per heavy atom. The van der Waals surface area contributed by atoms with Crippen molar-refractivity contribution in [3.05, 3.63) is 16.1 Å². The van der Waals surface area contributed by atoms with Gasteiger partial charge in [0, 0.05) is 31.6 Å². The molecule has 1 amide bonds. The van der Waals surface area contributed by atoms with Gasteiger partial charge in [-0.3, -0.25) is 9.69 Å². The monoisotopic (exact) mass is 326 g/mol. The molecule has 0 radical (unpaired) electrons. The number of rotatable bonds is 7. The van der Waals surface area contributed by atoms with Crippen molar-refractivity contribution in [2.24, 2.45) is 5.73 Å². The van der Waals surface area contributed by atoms with Gasteiger partial charge in [-0.05, 0) is 33.2 Å². The largest absolute Gasteiger partial charge is 0.373 e. The number of thiazole rings is 1. The van der Waals surface area contributed by atoms with E-state index in [9.17, 15) is 4.79 Å². The number of carbonyl (C=O) groups is 1. The van der Waals surface area contributed by atoms with Gasteiger partial charge in [0.15, 0.2) is 0 Å². The summed E-state index contributed by atoms with van der Waals surface area (Å²) in [5, 5.41) is 5.46. The number of nitrogens with two attached hydrogens (primary N) is 1. The first-order valence-electron chi connectivity index (χ1n) is 7.89. The Kier molecular flexibility index (Phi) is 6.75. The quantitative estimate of drug-likeness (QED) is 0.737. The lowest BCUT2D eigenvalue weighted by molar-refractivity contribution is -0.0681. The average Bonchev–Trinajstić information content (AvgIpc) is 2.94. The van der Waals surface area contributed by atoms with Crippen LogP contribution in [0, 0.1) is 0 Å². The Morgan fingerprint density at radius 3 is 2.82 bits per heavy atom. The predicted molar refractivity (Wildman–Crippen MR) is 88.0 cm³/mol. The molecule has 0 aliphatic carbocycles. The summed E-state index contributed by atoms with van der Waals surface area (Å²) in [4.78, 5) is 18.5. The molecule has 3 N–H and O–H groups in total. The maximum Gasteiger partial charge on any atom is 0.270 e. The zero-order valence-electron chi connectivity index (χ0n) is 13.4. The third-order valence-corrected chi connectivity index (χ3v) is 4.51. The third-order valence-electron chi connectivity index (χ3n) is 3.64. The first-order chi connectivity index (χ1) is 10.6. The van der Waals surface area contributed by atoms with Gasteiger partial charge in [-0.2, -0.15) is 0 Å². The summed E-state index contributed by atoms with van der Waals surface area (Å²) in [5.41, 5.74) is 5.97. The number of ether oxygens (including phenoxy) is 1. The van der Waals surface area contributed by atoms with Crippen molar-refractivity contribution in [3.8, 4) is 0 Å². The summed E-state index contributed by atoms with van der Waals surface area (Å²) >= 11 is 1.43. The molecule has 7 heteroatoms. The van der Waals surface area contributed by atoms with Crippen LogP contribution in [0.3, 0.4) is 0 Å². The van der Waals surface area contributed by atoms with E-state index in [0.717, 1.165) is 37.5 Å². The van der Waals surface area contributed by atoms with Crippen LogP contribution in [0.15, 0.2) is 5.38 Å². The minimum atomic E-state index is -0.107. The summed E-state index contributed by atoms with van der Waals surface area (Å²) < 4.78 is 5.72. The van der Waals surface area contributed by atoms with E-state index in [0.29, 0.717) is 31.0 Å². The van der Waals surface area contributed by atoms with Gasteiger partial charge in [0.25, 0.3) is 5.91 Å². The van der Waals surface area contributed by atoms with Crippen molar-refractivity contribution >= 4 is 17.2 Å². The lowest BCUT2D eigenvalue weighted by Gasteiger charge is -2.35. The molecule has 1 aliphatic rings. The highest BCUT2D eigenvalue weighted by molar-refractivity contribution is 7.09. The van der Waals surface area contributed by atoms with Crippen LogP contribution in [0.4, 0.5) is 0 Å². The number of nitrogens with one attached hydrogen (secondary N) is 1. The lowest BCUT2D eigenvalue weighted by atomic mass is 10.2. The minimum Gasteiger partial charge on any atom is -0.373 e. The third kappa shape index (κ3) is 5.31. The molecule has 1 fully saturated rings. The molecule has 2 heterocycles. The molecular weight excluding hydrogens is 300 g/mol. The fraction of sp³-hybridized carbons (Fsp3) is 0.733. The molecule has 2 unspecified atom stereocenters. The van der Waals surface area contributed by atoms with Crippen LogP contribution < -0.4 is 11.1 Å². The molecule has 1 saturated heterocycles. The molecule has 2 rings (SSSR count). The first-order valence-corrected chi connectivity index (χ1v) is 8.77. The number of hydrogen-bond donors (Lipinski definition) is 2. The van der Waals surface area contributed by atoms with Crippen molar-refractivity contribution in [1.82, 2.24) is 15.2 Å². The summed E-state index contributed by atoms with van der Waals surface area (Å²) in [7, 11) is 0. The van der Waals surface area contributed by atoms with Gasteiger partial charge in [-0.1, -0.05) is 0 Å². The normalized spacial score (nSPS) is 22.7. The van der Waals surface area contributed by atoms with E-state index < -0.39 is 0 Å². The van der Waals surface area contributed by atoms with E-state index in [2.05, 4.69) is 29.0 Å². The lowest BCUT2D eigenvalue weighted by Crippen LogP contribution is -2.45. The fourth-order valence-corrected chi connectivity index (χ4v) is 3.38. The number of carbonyl (C=O) groups excluding carboxylic acids is 1. The van der Waals surface area contributed by atoms with Crippen molar-refractivity contribution in [2.75, 3.05) is 26.2 Å². The van der Waals surface area contributed by atoms with E-state index in [1.807, 2.05) is 0 Å². The van der Waals surface area contributed by atoms with Crippen LogP contribution in [0.2, 0.25) is 0 Å². The van der Waals surface area contributed by atoms with Gasteiger partial charge in [-0.25, -0.2) is 4.98 Å². The molecule has 2 atom stereocenters. The second kappa shape index (κ2) is 8.57. The zero-order chi connectivity index (χ0) is 15.9. The van der Waals surface area contributed by atoms with Crippen LogP contribution in [-0.4, -0.2) is 54.2 Å². The molecule has 1 aromatic rings. The predicted octanol–water partition coefficient (Wildman–Crippen LogP) is 1.22. The first kappa shape index (κ1) is 17.3. The SMILES string of the molecule is CC1CN(CCCCNC(=O)c2csc(CN)n2)CC(C)O1. The molecule has 124 valence electrons. The Labute approximate surface area is 136 Å². The van der Waals surface area contributed by atoms with E-state index in [1.54, 1.807) is 5.38 Å². The van der Waals surface area contributed by atoms with E-state index in [1.165, 1.54) is 11.3 Å². The molecule has 0 saturated carbocycles. The van der Waals surface area contributed by atoms with Crippen LogP contribution in [0.1, 0.15) is 42.2 Å². The van der Waals surface area contributed by atoms with Crippen LogP contribution in [-0.2, 0) is 11.3 Å². The molecular formula is C15H26N4O2S. The topological polar surface area (TPSA) is 80.5 Å². The van der Waals surface area contributed by atoms with E-state index in [-0.39, 0.29) is 5.91 Å². The highest BCUT2D eigenvalue weighted by atomic mass is 32.1. The smallest absolute Gasteiger partial charge is 0.270 e. The molecule has 0 spiro atoms. The van der Waals surface area contributed by atoms with Crippen LogP contribution >= 0.6 is 11.3 Å². The van der Waals surface area contributed by atoms with Crippen molar-refractivity contribution in [3.63, 3.8) is 0 Å². The maximum absolute atomic E-state index is 11.9.